The third kappa shape index (κ3) is 21.7. The molecule has 0 spiro atoms. The van der Waals surface area contributed by atoms with Crippen molar-refractivity contribution in [2.24, 2.45) is 0 Å². The fourth-order valence-electron chi connectivity index (χ4n) is 4.97. The molecule has 0 aromatic carbocycles. The fourth-order valence-corrected chi connectivity index (χ4v) is 4.97. The molecule has 0 fully saturated rings. The molecule has 2 heteroatoms. The van der Waals surface area contributed by atoms with Crippen LogP contribution in [-0.2, 0) is 0 Å². The highest BCUT2D eigenvalue weighted by atomic mass is 79.9. The van der Waals surface area contributed by atoms with Gasteiger partial charge >= 0.3 is 0 Å². The SMILES string of the molecule is C=CC[N+](CC=C)(CCCCCCCCCCCC)CCCCCCCCCCCC.[Br-]. The van der Waals surface area contributed by atoms with E-state index in [4.69, 9.17) is 0 Å². The molecule has 0 atom stereocenters. The van der Waals surface area contributed by atoms with E-state index in [0.717, 1.165) is 13.1 Å². The second-order valence-corrected chi connectivity index (χ2v) is 10.1. The summed E-state index contributed by atoms with van der Waals surface area (Å²) in [5.41, 5.74) is 0. The van der Waals surface area contributed by atoms with Gasteiger partial charge in [0, 0.05) is 0 Å². The van der Waals surface area contributed by atoms with E-state index < -0.39 is 0 Å². The first-order chi connectivity index (χ1) is 15.2. The molecule has 0 rings (SSSR count). The lowest BCUT2D eigenvalue weighted by Crippen LogP contribution is -3.00. The number of rotatable bonds is 26. The molecule has 0 heterocycles. The van der Waals surface area contributed by atoms with E-state index in [9.17, 15) is 0 Å². The van der Waals surface area contributed by atoms with Crippen molar-refractivity contribution in [1.29, 1.82) is 0 Å². The Labute approximate surface area is 214 Å². The summed E-state index contributed by atoms with van der Waals surface area (Å²) in [7, 11) is 0. The molecular formula is C30H60BrN. The summed E-state index contributed by atoms with van der Waals surface area (Å²) in [5.74, 6) is 0. The van der Waals surface area contributed by atoms with E-state index >= 15 is 0 Å². The quantitative estimate of drug-likeness (QED) is 0.0661. The van der Waals surface area contributed by atoms with E-state index in [1.807, 2.05) is 0 Å². The standard InChI is InChI=1S/C30H60N.BrH/c1-5-9-11-13-15-17-19-21-23-25-29-31(27-7-3,28-8-4)30-26-24-22-20-18-16-14-12-10-6-2;/h7-8H,3-6,9-30H2,1-2H3;1H/q+1;/p-1. The summed E-state index contributed by atoms with van der Waals surface area (Å²) < 4.78 is 1.20. The highest BCUT2D eigenvalue weighted by molar-refractivity contribution is 4.72. The van der Waals surface area contributed by atoms with Crippen LogP contribution in [-0.4, -0.2) is 30.7 Å². The van der Waals surface area contributed by atoms with Gasteiger partial charge in [-0.25, -0.2) is 0 Å². The lowest BCUT2D eigenvalue weighted by Gasteiger charge is -2.37. The molecule has 0 radical (unpaired) electrons. The van der Waals surface area contributed by atoms with Gasteiger partial charge in [0.1, 0.15) is 0 Å². The number of unbranched alkanes of at least 4 members (excludes halogenated alkanes) is 18. The summed E-state index contributed by atoms with van der Waals surface area (Å²) in [4.78, 5) is 0. The predicted octanol–water partition coefficient (Wildman–Crippen LogP) is 7.02. The lowest BCUT2D eigenvalue weighted by molar-refractivity contribution is -0.917. The summed E-state index contributed by atoms with van der Waals surface area (Å²) in [6, 6.07) is 0. The van der Waals surface area contributed by atoms with Crippen molar-refractivity contribution in [3.05, 3.63) is 25.3 Å². The Kier molecular flexibility index (Phi) is 28.9. The first-order valence-electron chi connectivity index (χ1n) is 14.3. The van der Waals surface area contributed by atoms with E-state index in [-0.39, 0.29) is 17.0 Å². The molecule has 1 nitrogen and oxygen atoms in total. The molecule has 0 aliphatic rings. The van der Waals surface area contributed by atoms with Gasteiger partial charge in [-0.3, -0.25) is 0 Å². The average Bonchev–Trinajstić information content (AvgIpc) is 2.77. The van der Waals surface area contributed by atoms with Crippen molar-refractivity contribution in [2.45, 2.75) is 142 Å². The Hall–Kier alpha value is -0.0800. The van der Waals surface area contributed by atoms with E-state index in [1.165, 1.54) is 146 Å². The second kappa shape index (κ2) is 27.2. The molecular weight excluding hydrogens is 454 g/mol. The Morgan fingerprint density at radius 3 is 0.938 bits per heavy atom. The molecule has 0 saturated carbocycles. The van der Waals surface area contributed by atoms with Crippen LogP contribution in [0.3, 0.4) is 0 Å². The molecule has 192 valence electrons. The Morgan fingerprint density at radius 2 is 0.688 bits per heavy atom. The van der Waals surface area contributed by atoms with Gasteiger partial charge in [-0.15, -0.1) is 0 Å². The maximum Gasteiger partial charge on any atom is 0.0973 e. The predicted molar refractivity (Wildman–Crippen MR) is 144 cm³/mol. The maximum atomic E-state index is 4.08. The molecule has 0 aromatic heterocycles. The monoisotopic (exact) mass is 513 g/mol. The van der Waals surface area contributed by atoms with Crippen LogP contribution < -0.4 is 17.0 Å². The summed E-state index contributed by atoms with van der Waals surface area (Å²) in [6.07, 6.45) is 32.7. The molecule has 0 amide bonds. The number of nitrogens with zero attached hydrogens (tertiary/aromatic N) is 1. The van der Waals surface area contributed by atoms with Gasteiger partial charge in [0.15, 0.2) is 0 Å². The Bertz CT molecular complexity index is 343. The van der Waals surface area contributed by atoms with Crippen molar-refractivity contribution in [2.75, 3.05) is 26.2 Å². The minimum absolute atomic E-state index is 0. The fraction of sp³-hybridized carbons (Fsp3) is 0.867. The number of quaternary nitrogens is 1. The van der Waals surface area contributed by atoms with Crippen molar-refractivity contribution >= 4 is 0 Å². The van der Waals surface area contributed by atoms with Gasteiger partial charge in [0.25, 0.3) is 0 Å². The molecule has 0 saturated heterocycles. The van der Waals surface area contributed by atoms with Crippen LogP contribution in [0.1, 0.15) is 142 Å². The van der Waals surface area contributed by atoms with Crippen molar-refractivity contribution in [3.8, 4) is 0 Å². The van der Waals surface area contributed by atoms with Gasteiger partial charge in [-0.05, 0) is 37.8 Å². The first-order valence-corrected chi connectivity index (χ1v) is 14.3. The van der Waals surface area contributed by atoms with Crippen LogP contribution >= 0.6 is 0 Å². The van der Waals surface area contributed by atoms with Gasteiger partial charge in [-0.2, -0.15) is 0 Å². The van der Waals surface area contributed by atoms with Gasteiger partial charge in [-0.1, -0.05) is 130 Å². The zero-order chi connectivity index (χ0) is 22.9. The molecule has 0 unspecified atom stereocenters. The van der Waals surface area contributed by atoms with E-state index in [0.29, 0.717) is 0 Å². The molecule has 0 N–H and O–H groups in total. The van der Waals surface area contributed by atoms with Gasteiger partial charge < -0.3 is 21.5 Å². The molecule has 0 aliphatic carbocycles. The van der Waals surface area contributed by atoms with Gasteiger partial charge in [0.2, 0.25) is 0 Å². The second-order valence-electron chi connectivity index (χ2n) is 10.1. The van der Waals surface area contributed by atoms with Crippen LogP contribution in [0.2, 0.25) is 0 Å². The number of hydrogen-bond donors (Lipinski definition) is 0. The summed E-state index contributed by atoms with van der Waals surface area (Å²) in [5, 5.41) is 0. The first kappa shape index (κ1) is 34.1. The topological polar surface area (TPSA) is 0 Å². The highest BCUT2D eigenvalue weighted by Crippen LogP contribution is 2.17. The zero-order valence-corrected chi connectivity index (χ0v) is 24.0. The number of hydrogen-bond acceptors (Lipinski definition) is 0. The zero-order valence-electron chi connectivity index (χ0n) is 22.4. The van der Waals surface area contributed by atoms with Gasteiger partial charge in [0.05, 0.1) is 26.2 Å². The maximum absolute atomic E-state index is 4.08. The minimum Gasteiger partial charge on any atom is -1.00 e. The van der Waals surface area contributed by atoms with Crippen LogP contribution in [0.15, 0.2) is 25.3 Å². The Balaban J connectivity index is 0. The van der Waals surface area contributed by atoms with Crippen LogP contribution in [0.5, 0.6) is 0 Å². The third-order valence-electron chi connectivity index (χ3n) is 7.00. The highest BCUT2D eigenvalue weighted by Gasteiger charge is 2.23. The number of halogens is 1. The minimum atomic E-state index is 0. The van der Waals surface area contributed by atoms with Crippen LogP contribution in [0, 0.1) is 0 Å². The third-order valence-corrected chi connectivity index (χ3v) is 7.00. The van der Waals surface area contributed by atoms with E-state index in [2.05, 4.69) is 39.2 Å². The van der Waals surface area contributed by atoms with Crippen molar-refractivity contribution in [1.82, 2.24) is 0 Å². The summed E-state index contributed by atoms with van der Waals surface area (Å²) in [6.45, 7) is 17.6. The van der Waals surface area contributed by atoms with Crippen molar-refractivity contribution < 1.29 is 21.5 Å². The smallest absolute Gasteiger partial charge is 0.0973 e. The van der Waals surface area contributed by atoms with Crippen LogP contribution in [0.4, 0.5) is 0 Å². The normalized spacial score (nSPS) is 11.3. The molecule has 0 bridgehead atoms. The largest absolute Gasteiger partial charge is 1.00 e. The van der Waals surface area contributed by atoms with Crippen molar-refractivity contribution in [3.63, 3.8) is 0 Å². The van der Waals surface area contributed by atoms with Crippen LogP contribution in [0.25, 0.3) is 0 Å². The average molecular weight is 515 g/mol. The summed E-state index contributed by atoms with van der Waals surface area (Å²) >= 11 is 0. The Morgan fingerprint density at radius 1 is 0.438 bits per heavy atom. The molecule has 0 aliphatic heterocycles. The van der Waals surface area contributed by atoms with E-state index in [1.54, 1.807) is 0 Å². The lowest BCUT2D eigenvalue weighted by atomic mass is 10.0. The molecule has 0 aromatic rings. The molecule has 32 heavy (non-hydrogen) atoms.